The number of aromatic nitrogens is 2. The van der Waals surface area contributed by atoms with Crippen LogP contribution >= 0.6 is 15.9 Å². The number of halogens is 1. The molecule has 1 aromatic rings. The summed E-state index contributed by atoms with van der Waals surface area (Å²) in [7, 11) is 2.00. The van der Waals surface area contributed by atoms with E-state index in [0.29, 0.717) is 5.41 Å². The molecule has 0 saturated heterocycles. The van der Waals surface area contributed by atoms with Crippen molar-refractivity contribution in [3.8, 4) is 0 Å². The minimum Gasteiger partial charge on any atom is -0.311 e. The van der Waals surface area contributed by atoms with Crippen LogP contribution in [0.2, 0.25) is 0 Å². The molecule has 0 aliphatic carbocycles. The maximum absolute atomic E-state index is 4.49. The van der Waals surface area contributed by atoms with Crippen LogP contribution in [0.5, 0.6) is 0 Å². The Morgan fingerprint density at radius 3 is 2.47 bits per heavy atom. The number of nitrogens with zero attached hydrogens (tertiary/aromatic N) is 2. The maximum atomic E-state index is 4.49. The monoisotopic (exact) mass is 301 g/mol. The molecule has 0 fully saturated rings. The Balaban J connectivity index is 2.50. The third-order valence-corrected chi connectivity index (χ3v) is 3.76. The Morgan fingerprint density at radius 1 is 1.35 bits per heavy atom. The summed E-state index contributed by atoms with van der Waals surface area (Å²) in [6.07, 6.45) is 2.15. The van der Waals surface area contributed by atoms with E-state index in [2.05, 4.69) is 54.0 Å². The quantitative estimate of drug-likeness (QED) is 0.846. The molecule has 0 spiro atoms. The van der Waals surface area contributed by atoms with Crippen molar-refractivity contribution < 1.29 is 0 Å². The van der Waals surface area contributed by atoms with Gasteiger partial charge < -0.3 is 5.32 Å². The highest BCUT2D eigenvalue weighted by Crippen LogP contribution is 2.21. The number of rotatable bonds is 5. The van der Waals surface area contributed by atoms with Gasteiger partial charge in [-0.05, 0) is 40.7 Å². The SMILES string of the molecule is CCc1nn(C)c(CNCCC(C)(C)C)c1Br. The number of aryl methyl sites for hydroxylation is 2. The van der Waals surface area contributed by atoms with Crippen LogP contribution in [0.1, 0.15) is 45.5 Å². The first-order valence-electron chi connectivity index (χ1n) is 6.26. The molecule has 0 amide bonds. The largest absolute Gasteiger partial charge is 0.311 e. The molecule has 3 nitrogen and oxygen atoms in total. The molecule has 1 heterocycles. The van der Waals surface area contributed by atoms with Crippen LogP contribution < -0.4 is 5.32 Å². The summed E-state index contributed by atoms with van der Waals surface area (Å²) >= 11 is 3.63. The fourth-order valence-corrected chi connectivity index (χ4v) is 2.44. The topological polar surface area (TPSA) is 29.9 Å². The number of hydrogen-bond acceptors (Lipinski definition) is 2. The Morgan fingerprint density at radius 2 is 2.00 bits per heavy atom. The molecule has 1 rings (SSSR count). The van der Waals surface area contributed by atoms with Gasteiger partial charge in [-0.2, -0.15) is 5.10 Å². The Bertz CT molecular complexity index is 363. The zero-order valence-electron chi connectivity index (χ0n) is 11.6. The van der Waals surface area contributed by atoms with Crippen molar-refractivity contribution in [3.05, 3.63) is 15.9 Å². The van der Waals surface area contributed by atoms with E-state index in [-0.39, 0.29) is 0 Å². The van der Waals surface area contributed by atoms with Crippen LogP contribution in [-0.4, -0.2) is 16.3 Å². The zero-order valence-corrected chi connectivity index (χ0v) is 13.2. The fourth-order valence-electron chi connectivity index (χ4n) is 1.68. The lowest BCUT2D eigenvalue weighted by molar-refractivity contribution is 0.365. The molecule has 0 bridgehead atoms. The van der Waals surface area contributed by atoms with E-state index >= 15 is 0 Å². The van der Waals surface area contributed by atoms with Gasteiger partial charge in [0.1, 0.15) is 0 Å². The number of nitrogens with one attached hydrogen (secondary N) is 1. The minimum atomic E-state index is 0.394. The van der Waals surface area contributed by atoms with Crippen LogP contribution in [-0.2, 0) is 20.0 Å². The van der Waals surface area contributed by atoms with E-state index in [1.54, 1.807) is 0 Å². The highest BCUT2D eigenvalue weighted by molar-refractivity contribution is 9.10. The summed E-state index contributed by atoms with van der Waals surface area (Å²) in [4.78, 5) is 0. The third-order valence-electron chi connectivity index (χ3n) is 2.85. The molecule has 0 aliphatic heterocycles. The van der Waals surface area contributed by atoms with Gasteiger partial charge in [-0.3, -0.25) is 4.68 Å². The summed E-state index contributed by atoms with van der Waals surface area (Å²) in [5, 5.41) is 7.97. The van der Waals surface area contributed by atoms with Crippen LogP contribution in [0.15, 0.2) is 4.47 Å². The minimum absolute atomic E-state index is 0.394. The summed E-state index contributed by atoms with van der Waals surface area (Å²) < 4.78 is 3.12. The normalized spacial score (nSPS) is 12.1. The van der Waals surface area contributed by atoms with Gasteiger partial charge in [0.05, 0.1) is 15.9 Å². The van der Waals surface area contributed by atoms with Crippen molar-refractivity contribution in [2.24, 2.45) is 12.5 Å². The van der Waals surface area contributed by atoms with Crippen LogP contribution in [0.3, 0.4) is 0 Å². The van der Waals surface area contributed by atoms with E-state index in [9.17, 15) is 0 Å². The first-order chi connectivity index (χ1) is 7.85. The molecule has 17 heavy (non-hydrogen) atoms. The Hall–Kier alpha value is -0.350. The fraction of sp³-hybridized carbons (Fsp3) is 0.769. The van der Waals surface area contributed by atoms with E-state index in [1.165, 1.54) is 12.1 Å². The predicted octanol–water partition coefficient (Wildman–Crippen LogP) is 3.27. The van der Waals surface area contributed by atoms with Crippen molar-refractivity contribution in [2.75, 3.05) is 6.54 Å². The van der Waals surface area contributed by atoms with Gasteiger partial charge in [0.25, 0.3) is 0 Å². The van der Waals surface area contributed by atoms with Crippen molar-refractivity contribution in [1.29, 1.82) is 0 Å². The highest BCUT2D eigenvalue weighted by Gasteiger charge is 2.13. The average molecular weight is 302 g/mol. The van der Waals surface area contributed by atoms with E-state index in [1.807, 2.05) is 11.7 Å². The average Bonchev–Trinajstić information content (AvgIpc) is 2.48. The lowest BCUT2D eigenvalue weighted by Crippen LogP contribution is -2.21. The lowest BCUT2D eigenvalue weighted by atomic mass is 9.92. The molecule has 0 saturated carbocycles. The zero-order chi connectivity index (χ0) is 13.1. The summed E-state index contributed by atoms with van der Waals surface area (Å²) in [6, 6.07) is 0. The Labute approximate surface area is 113 Å². The second-order valence-electron chi connectivity index (χ2n) is 5.67. The first-order valence-corrected chi connectivity index (χ1v) is 7.05. The predicted molar refractivity (Wildman–Crippen MR) is 76.1 cm³/mol. The molecule has 0 atom stereocenters. The standard InChI is InChI=1S/C13H24BrN3/c1-6-10-12(14)11(17(5)16-10)9-15-8-7-13(2,3)4/h15H,6-9H2,1-5H3. The summed E-state index contributed by atoms with van der Waals surface area (Å²) in [5.74, 6) is 0. The Kier molecular flexibility index (Phi) is 5.20. The smallest absolute Gasteiger partial charge is 0.0767 e. The lowest BCUT2D eigenvalue weighted by Gasteiger charge is -2.18. The van der Waals surface area contributed by atoms with Gasteiger partial charge in [0, 0.05) is 13.6 Å². The molecule has 0 aliphatic rings. The van der Waals surface area contributed by atoms with Crippen molar-refractivity contribution in [3.63, 3.8) is 0 Å². The van der Waals surface area contributed by atoms with Crippen molar-refractivity contribution >= 4 is 15.9 Å². The second-order valence-corrected chi connectivity index (χ2v) is 6.46. The van der Waals surface area contributed by atoms with Gasteiger partial charge in [0.2, 0.25) is 0 Å². The molecule has 4 heteroatoms. The van der Waals surface area contributed by atoms with E-state index < -0.39 is 0 Å². The molecule has 0 radical (unpaired) electrons. The molecule has 1 aromatic heterocycles. The van der Waals surface area contributed by atoms with E-state index in [4.69, 9.17) is 0 Å². The van der Waals surface area contributed by atoms with E-state index in [0.717, 1.165) is 29.7 Å². The van der Waals surface area contributed by atoms with Gasteiger partial charge >= 0.3 is 0 Å². The van der Waals surface area contributed by atoms with Crippen LogP contribution in [0.4, 0.5) is 0 Å². The van der Waals surface area contributed by atoms with Crippen molar-refractivity contribution in [1.82, 2.24) is 15.1 Å². The molecular formula is C13H24BrN3. The highest BCUT2D eigenvalue weighted by atomic mass is 79.9. The van der Waals surface area contributed by atoms with Gasteiger partial charge in [-0.15, -0.1) is 0 Å². The molecule has 98 valence electrons. The van der Waals surface area contributed by atoms with Crippen LogP contribution in [0, 0.1) is 5.41 Å². The third kappa shape index (κ3) is 4.43. The molecule has 0 unspecified atom stereocenters. The van der Waals surface area contributed by atoms with Gasteiger partial charge in [-0.25, -0.2) is 0 Å². The number of hydrogen-bond donors (Lipinski definition) is 1. The van der Waals surface area contributed by atoms with Gasteiger partial charge in [-0.1, -0.05) is 27.7 Å². The molecule has 0 aromatic carbocycles. The van der Waals surface area contributed by atoms with Crippen molar-refractivity contribution in [2.45, 2.75) is 47.1 Å². The maximum Gasteiger partial charge on any atom is 0.0767 e. The second kappa shape index (κ2) is 6.01. The van der Waals surface area contributed by atoms with Gasteiger partial charge in [0.15, 0.2) is 0 Å². The summed E-state index contributed by atoms with van der Waals surface area (Å²) in [5.41, 5.74) is 2.77. The summed E-state index contributed by atoms with van der Waals surface area (Å²) in [6.45, 7) is 10.9. The van der Waals surface area contributed by atoms with Crippen LogP contribution in [0.25, 0.3) is 0 Å². The molecular weight excluding hydrogens is 278 g/mol. The molecule has 1 N–H and O–H groups in total. The first kappa shape index (κ1) is 14.7.